The van der Waals surface area contributed by atoms with Crippen molar-refractivity contribution in [3.8, 4) is 5.75 Å². The summed E-state index contributed by atoms with van der Waals surface area (Å²) in [5, 5.41) is 3.33. The van der Waals surface area contributed by atoms with E-state index in [0.717, 1.165) is 30.7 Å². The molecule has 0 aromatic heterocycles. The number of nitrogens with one attached hydrogen (secondary N) is 1. The van der Waals surface area contributed by atoms with E-state index in [2.05, 4.69) is 18.3 Å². The fourth-order valence-corrected chi connectivity index (χ4v) is 3.05. The Hall–Kier alpha value is -1.91. The van der Waals surface area contributed by atoms with Gasteiger partial charge in [-0.25, -0.2) is 4.39 Å². The third kappa shape index (κ3) is 4.13. The summed E-state index contributed by atoms with van der Waals surface area (Å²) in [7, 11) is 0. The minimum absolute atomic E-state index is 0.143. The van der Waals surface area contributed by atoms with Crippen LogP contribution in [-0.4, -0.2) is 25.8 Å². The summed E-state index contributed by atoms with van der Waals surface area (Å²) in [5.74, 6) is 0.592. The first-order chi connectivity index (χ1) is 11.8. The normalized spacial score (nSPS) is 19.0. The number of hydrogen-bond donors (Lipinski definition) is 1. The summed E-state index contributed by atoms with van der Waals surface area (Å²) in [5.41, 5.74) is 1.97. The number of para-hydroxylation sites is 1. The van der Waals surface area contributed by atoms with Crippen LogP contribution in [-0.2, 0) is 11.2 Å². The van der Waals surface area contributed by atoms with E-state index in [9.17, 15) is 4.39 Å². The topological polar surface area (TPSA) is 30.5 Å². The summed E-state index contributed by atoms with van der Waals surface area (Å²) in [6, 6.07) is 14.7. The zero-order valence-corrected chi connectivity index (χ0v) is 14.0. The molecule has 2 aromatic rings. The lowest BCUT2D eigenvalue weighted by Gasteiger charge is -2.32. The van der Waals surface area contributed by atoms with E-state index in [1.54, 1.807) is 6.07 Å². The average molecular weight is 329 g/mol. The molecule has 1 aliphatic heterocycles. The highest BCUT2D eigenvalue weighted by Crippen LogP contribution is 2.30. The van der Waals surface area contributed by atoms with Crippen molar-refractivity contribution in [3.63, 3.8) is 0 Å². The lowest BCUT2D eigenvalue weighted by atomic mass is 10.0. The van der Waals surface area contributed by atoms with Crippen LogP contribution in [0, 0.1) is 5.82 Å². The van der Waals surface area contributed by atoms with Crippen molar-refractivity contribution in [1.82, 2.24) is 5.32 Å². The van der Waals surface area contributed by atoms with Crippen LogP contribution in [0.15, 0.2) is 48.5 Å². The Morgan fingerprint density at radius 3 is 2.88 bits per heavy atom. The SMILES string of the molecule is CCCc1ccccc1OC(c1cccc(F)c1)[C@@H]1CNCCO1. The van der Waals surface area contributed by atoms with Crippen molar-refractivity contribution in [1.29, 1.82) is 0 Å². The fraction of sp³-hybridized carbons (Fsp3) is 0.400. The van der Waals surface area contributed by atoms with Crippen molar-refractivity contribution >= 4 is 0 Å². The van der Waals surface area contributed by atoms with Crippen LogP contribution in [0.2, 0.25) is 0 Å². The van der Waals surface area contributed by atoms with Gasteiger partial charge in [-0.05, 0) is 35.7 Å². The third-order valence-corrected chi connectivity index (χ3v) is 4.22. The van der Waals surface area contributed by atoms with E-state index in [0.29, 0.717) is 13.2 Å². The monoisotopic (exact) mass is 329 g/mol. The van der Waals surface area contributed by atoms with Gasteiger partial charge in [-0.15, -0.1) is 0 Å². The van der Waals surface area contributed by atoms with Crippen LogP contribution in [0.5, 0.6) is 5.75 Å². The highest BCUT2D eigenvalue weighted by molar-refractivity contribution is 5.34. The van der Waals surface area contributed by atoms with E-state index in [1.807, 2.05) is 24.3 Å². The number of rotatable bonds is 6. The van der Waals surface area contributed by atoms with Gasteiger partial charge < -0.3 is 14.8 Å². The van der Waals surface area contributed by atoms with E-state index in [4.69, 9.17) is 9.47 Å². The van der Waals surface area contributed by atoms with E-state index in [1.165, 1.54) is 17.7 Å². The smallest absolute Gasteiger partial charge is 0.151 e. The molecule has 1 unspecified atom stereocenters. The average Bonchev–Trinajstić information content (AvgIpc) is 2.62. The van der Waals surface area contributed by atoms with Gasteiger partial charge in [0.2, 0.25) is 0 Å². The molecule has 4 heteroatoms. The predicted octanol–water partition coefficient (Wildman–Crippen LogP) is 3.89. The minimum Gasteiger partial charge on any atom is -0.483 e. The Balaban J connectivity index is 1.90. The first-order valence-corrected chi connectivity index (χ1v) is 8.60. The summed E-state index contributed by atoms with van der Waals surface area (Å²) in [6.45, 7) is 4.31. The Morgan fingerprint density at radius 2 is 2.12 bits per heavy atom. The molecular formula is C20H24FNO2. The van der Waals surface area contributed by atoms with Gasteiger partial charge in [0.1, 0.15) is 17.7 Å². The Bertz CT molecular complexity index is 656. The second-order valence-corrected chi connectivity index (χ2v) is 6.06. The van der Waals surface area contributed by atoms with Crippen molar-refractivity contribution in [2.75, 3.05) is 19.7 Å². The van der Waals surface area contributed by atoms with Gasteiger partial charge in [-0.2, -0.15) is 0 Å². The predicted molar refractivity (Wildman–Crippen MR) is 92.8 cm³/mol. The van der Waals surface area contributed by atoms with Crippen molar-refractivity contribution in [2.45, 2.75) is 32.0 Å². The molecule has 1 saturated heterocycles. The van der Waals surface area contributed by atoms with Gasteiger partial charge in [-0.3, -0.25) is 0 Å². The largest absolute Gasteiger partial charge is 0.483 e. The number of hydrogen-bond acceptors (Lipinski definition) is 3. The highest BCUT2D eigenvalue weighted by Gasteiger charge is 2.28. The first kappa shape index (κ1) is 16.9. The molecule has 24 heavy (non-hydrogen) atoms. The van der Waals surface area contributed by atoms with Crippen LogP contribution in [0.3, 0.4) is 0 Å². The maximum Gasteiger partial charge on any atom is 0.151 e. The molecule has 0 aliphatic carbocycles. The van der Waals surface area contributed by atoms with Crippen molar-refractivity contribution in [3.05, 3.63) is 65.5 Å². The number of morpholine rings is 1. The highest BCUT2D eigenvalue weighted by atomic mass is 19.1. The van der Waals surface area contributed by atoms with E-state index in [-0.39, 0.29) is 18.0 Å². The zero-order chi connectivity index (χ0) is 16.8. The molecular weight excluding hydrogens is 305 g/mol. The number of ether oxygens (including phenoxy) is 2. The lowest BCUT2D eigenvalue weighted by molar-refractivity contribution is -0.0435. The van der Waals surface area contributed by atoms with Gasteiger partial charge in [0, 0.05) is 13.1 Å². The number of aryl methyl sites for hydroxylation is 1. The van der Waals surface area contributed by atoms with Gasteiger partial charge in [0.05, 0.1) is 6.61 Å². The summed E-state index contributed by atoms with van der Waals surface area (Å²) in [6.07, 6.45) is 1.52. The third-order valence-electron chi connectivity index (χ3n) is 4.22. The Labute approximate surface area is 142 Å². The molecule has 1 heterocycles. The molecule has 0 radical (unpaired) electrons. The van der Waals surface area contributed by atoms with Crippen LogP contribution in [0.25, 0.3) is 0 Å². The van der Waals surface area contributed by atoms with Crippen LogP contribution in [0.4, 0.5) is 4.39 Å². The standard InChI is InChI=1S/C20H24FNO2/c1-2-6-15-7-3-4-10-18(15)24-20(19-14-22-11-12-23-19)16-8-5-9-17(21)13-16/h3-5,7-10,13,19-20,22H,2,6,11-12,14H2,1H3/t19-,20?/m0/s1. The molecule has 2 atom stereocenters. The maximum atomic E-state index is 13.7. The molecule has 128 valence electrons. The first-order valence-electron chi connectivity index (χ1n) is 8.60. The van der Waals surface area contributed by atoms with Gasteiger partial charge in [-0.1, -0.05) is 43.7 Å². The van der Waals surface area contributed by atoms with Gasteiger partial charge in [0.15, 0.2) is 6.10 Å². The molecule has 1 fully saturated rings. The molecule has 0 spiro atoms. The maximum absolute atomic E-state index is 13.7. The molecule has 0 saturated carbocycles. The molecule has 1 N–H and O–H groups in total. The quantitative estimate of drug-likeness (QED) is 0.872. The van der Waals surface area contributed by atoms with E-state index >= 15 is 0 Å². The summed E-state index contributed by atoms with van der Waals surface area (Å²) >= 11 is 0. The number of benzene rings is 2. The molecule has 0 amide bonds. The fourth-order valence-electron chi connectivity index (χ4n) is 3.05. The number of halogens is 1. The molecule has 3 rings (SSSR count). The Kier molecular flexibility index (Phi) is 5.83. The summed E-state index contributed by atoms with van der Waals surface area (Å²) < 4.78 is 26.0. The van der Waals surface area contributed by atoms with Crippen LogP contribution in [0.1, 0.15) is 30.6 Å². The Morgan fingerprint density at radius 1 is 1.25 bits per heavy atom. The lowest BCUT2D eigenvalue weighted by Crippen LogP contribution is -2.43. The van der Waals surface area contributed by atoms with E-state index < -0.39 is 0 Å². The van der Waals surface area contributed by atoms with Crippen LogP contribution >= 0.6 is 0 Å². The zero-order valence-electron chi connectivity index (χ0n) is 14.0. The second kappa shape index (κ2) is 8.27. The molecule has 2 aromatic carbocycles. The minimum atomic E-state index is -0.341. The van der Waals surface area contributed by atoms with Gasteiger partial charge in [0.25, 0.3) is 0 Å². The van der Waals surface area contributed by atoms with Crippen molar-refractivity contribution in [2.24, 2.45) is 0 Å². The van der Waals surface area contributed by atoms with Crippen LogP contribution < -0.4 is 10.1 Å². The summed E-state index contributed by atoms with van der Waals surface area (Å²) in [4.78, 5) is 0. The molecule has 0 bridgehead atoms. The molecule has 1 aliphatic rings. The van der Waals surface area contributed by atoms with Crippen molar-refractivity contribution < 1.29 is 13.9 Å². The second-order valence-electron chi connectivity index (χ2n) is 6.06. The van der Waals surface area contributed by atoms with Gasteiger partial charge >= 0.3 is 0 Å². The molecule has 3 nitrogen and oxygen atoms in total.